The molecule has 2 aromatic rings. The molecule has 2 heterocycles. The second-order valence-corrected chi connectivity index (χ2v) is 6.54. The van der Waals surface area contributed by atoms with Crippen molar-refractivity contribution in [1.29, 1.82) is 0 Å². The number of benzene rings is 2. The van der Waals surface area contributed by atoms with Crippen molar-refractivity contribution in [3.8, 4) is 11.5 Å². The zero-order chi connectivity index (χ0) is 18.1. The molecule has 4 rings (SSSR count). The first-order chi connectivity index (χ1) is 12.6. The lowest BCUT2D eigenvalue weighted by Gasteiger charge is -2.31. The number of fused-ring (bicyclic) bond motifs is 2. The van der Waals surface area contributed by atoms with Crippen LogP contribution in [0.4, 0.5) is 0 Å². The molecule has 2 amide bonds. The van der Waals surface area contributed by atoms with Gasteiger partial charge in [0, 0.05) is 18.7 Å². The van der Waals surface area contributed by atoms with Crippen molar-refractivity contribution in [2.24, 2.45) is 0 Å². The maximum atomic E-state index is 12.7. The predicted molar refractivity (Wildman–Crippen MR) is 95.1 cm³/mol. The predicted octanol–water partition coefficient (Wildman–Crippen LogP) is 2.12. The lowest BCUT2D eigenvalue weighted by Crippen LogP contribution is -2.48. The summed E-state index contributed by atoms with van der Waals surface area (Å²) in [4.78, 5) is 27.0. The molecule has 0 aliphatic carbocycles. The first-order valence-corrected chi connectivity index (χ1v) is 8.68. The molecule has 2 aromatic carbocycles. The largest absolute Gasteiger partial charge is 0.454 e. The van der Waals surface area contributed by atoms with Gasteiger partial charge in [-0.25, -0.2) is 0 Å². The van der Waals surface area contributed by atoms with Crippen LogP contribution >= 0.6 is 0 Å². The van der Waals surface area contributed by atoms with Gasteiger partial charge in [-0.3, -0.25) is 9.59 Å². The number of rotatable bonds is 3. The molecule has 0 saturated carbocycles. The standard InChI is InChI=1S/C20H20N2O4/c1-13(20(24)22-9-8-14-4-2-3-5-16(14)11-22)21-19(23)15-6-7-17-18(10-15)26-12-25-17/h2-7,10,13H,8-9,11-12H2,1H3,(H,21,23)/t13-/m0/s1. The molecule has 0 radical (unpaired) electrons. The Morgan fingerprint density at radius 3 is 2.69 bits per heavy atom. The lowest BCUT2D eigenvalue weighted by molar-refractivity contribution is -0.133. The molecule has 0 spiro atoms. The van der Waals surface area contributed by atoms with Gasteiger partial charge in [0.05, 0.1) is 0 Å². The van der Waals surface area contributed by atoms with Crippen molar-refractivity contribution in [2.45, 2.75) is 25.9 Å². The molecule has 0 bridgehead atoms. The van der Waals surface area contributed by atoms with Crippen LogP contribution < -0.4 is 14.8 Å². The number of ether oxygens (including phenoxy) is 2. The van der Waals surface area contributed by atoms with E-state index in [0.717, 1.165) is 6.42 Å². The maximum Gasteiger partial charge on any atom is 0.252 e. The Balaban J connectivity index is 1.41. The zero-order valence-corrected chi connectivity index (χ0v) is 14.5. The molecular formula is C20H20N2O4. The van der Waals surface area contributed by atoms with Crippen molar-refractivity contribution < 1.29 is 19.1 Å². The van der Waals surface area contributed by atoms with Crippen LogP contribution in [0.5, 0.6) is 11.5 Å². The van der Waals surface area contributed by atoms with Crippen molar-refractivity contribution >= 4 is 11.8 Å². The average Bonchev–Trinajstić information content (AvgIpc) is 3.14. The lowest BCUT2D eigenvalue weighted by atomic mass is 9.99. The Morgan fingerprint density at radius 1 is 1.08 bits per heavy atom. The van der Waals surface area contributed by atoms with E-state index in [1.165, 1.54) is 11.1 Å². The molecule has 6 nitrogen and oxygen atoms in total. The van der Waals surface area contributed by atoms with Crippen LogP contribution in [0.15, 0.2) is 42.5 Å². The summed E-state index contributed by atoms with van der Waals surface area (Å²) in [5, 5.41) is 2.78. The summed E-state index contributed by atoms with van der Waals surface area (Å²) in [5.41, 5.74) is 2.90. The molecule has 0 fully saturated rings. The zero-order valence-electron chi connectivity index (χ0n) is 14.5. The fraction of sp³-hybridized carbons (Fsp3) is 0.300. The van der Waals surface area contributed by atoms with E-state index in [1.807, 2.05) is 18.2 Å². The molecule has 1 atom stereocenters. The van der Waals surface area contributed by atoms with Gasteiger partial charge in [-0.05, 0) is 42.7 Å². The van der Waals surface area contributed by atoms with Gasteiger partial charge in [0.1, 0.15) is 6.04 Å². The molecule has 26 heavy (non-hydrogen) atoms. The summed E-state index contributed by atoms with van der Waals surface area (Å²) in [6.07, 6.45) is 0.838. The first-order valence-electron chi connectivity index (χ1n) is 8.68. The highest BCUT2D eigenvalue weighted by Gasteiger charge is 2.26. The van der Waals surface area contributed by atoms with Gasteiger partial charge < -0.3 is 19.7 Å². The van der Waals surface area contributed by atoms with Gasteiger partial charge in [-0.2, -0.15) is 0 Å². The van der Waals surface area contributed by atoms with E-state index < -0.39 is 6.04 Å². The summed E-state index contributed by atoms with van der Waals surface area (Å²) in [6.45, 7) is 3.12. The molecule has 1 N–H and O–H groups in total. The average molecular weight is 352 g/mol. The normalized spacial score (nSPS) is 16.0. The number of carbonyl (C=O) groups excluding carboxylic acids is 2. The third kappa shape index (κ3) is 3.10. The summed E-state index contributed by atoms with van der Waals surface area (Å²) in [6, 6.07) is 12.5. The van der Waals surface area contributed by atoms with Crippen molar-refractivity contribution in [3.05, 3.63) is 59.2 Å². The van der Waals surface area contributed by atoms with Gasteiger partial charge in [0.2, 0.25) is 12.7 Å². The Kier molecular flexibility index (Phi) is 4.24. The summed E-state index contributed by atoms with van der Waals surface area (Å²) >= 11 is 0. The molecule has 6 heteroatoms. The second-order valence-electron chi connectivity index (χ2n) is 6.54. The van der Waals surface area contributed by atoms with Crippen LogP contribution in [-0.4, -0.2) is 36.1 Å². The minimum atomic E-state index is -0.599. The van der Waals surface area contributed by atoms with Crippen LogP contribution in [0, 0.1) is 0 Å². The van der Waals surface area contributed by atoms with Crippen LogP contribution in [0.1, 0.15) is 28.4 Å². The van der Waals surface area contributed by atoms with Crippen molar-refractivity contribution in [3.63, 3.8) is 0 Å². The Morgan fingerprint density at radius 2 is 1.85 bits per heavy atom. The molecule has 2 aliphatic heterocycles. The maximum absolute atomic E-state index is 12.7. The fourth-order valence-electron chi connectivity index (χ4n) is 3.34. The molecule has 0 unspecified atom stereocenters. The number of hydrogen-bond acceptors (Lipinski definition) is 4. The minimum absolute atomic E-state index is 0.0754. The molecule has 0 aromatic heterocycles. The number of carbonyl (C=O) groups is 2. The van der Waals surface area contributed by atoms with Crippen LogP contribution in [0.2, 0.25) is 0 Å². The van der Waals surface area contributed by atoms with E-state index in [4.69, 9.17) is 9.47 Å². The number of nitrogens with one attached hydrogen (secondary N) is 1. The smallest absolute Gasteiger partial charge is 0.252 e. The van der Waals surface area contributed by atoms with E-state index in [1.54, 1.807) is 30.0 Å². The van der Waals surface area contributed by atoms with Crippen LogP contribution in [0.3, 0.4) is 0 Å². The Hall–Kier alpha value is -3.02. The van der Waals surface area contributed by atoms with Gasteiger partial charge in [-0.15, -0.1) is 0 Å². The number of amides is 2. The highest BCUT2D eigenvalue weighted by atomic mass is 16.7. The monoisotopic (exact) mass is 352 g/mol. The van der Waals surface area contributed by atoms with E-state index in [9.17, 15) is 9.59 Å². The summed E-state index contributed by atoms with van der Waals surface area (Å²) in [7, 11) is 0. The molecule has 0 saturated heterocycles. The van der Waals surface area contributed by atoms with E-state index in [-0.39, 0.29) is 18.6 Å². The third-order valence-corrected chi connectivity index (χ3v) is 4.80. The van der Waals surface area contributed by atoms with Gasteiger partial charge in [0.15, 0.2) is 11.5 Å². The summed E-state index contributed by atoms with van der Waals surface area (Å²) in [5.74, 6) is 0.789. The summed E-state index contributed by atoms with van der Waals surface area (Å²) < 4.78 is 10.5. The van der Waals surface area contributed by atoms with Gasteiger partial charge in [0.25, 0.3) is 5.91 Å². The number of nitrogens with zero attached hydrogens (tertiary/aromatic N) is 1. The topological polar surface area (TPSA) is 67.9 Å². The highest BCUT2D eigenvalue weighted by Crippen LogP contribution is 2.32. The van der Waals surface area contributed by atoms with Gasteiger partial charge in [-0.1, -0.05) is 24.3 Å². The first kappa shape index (κ1) is 16.4. The van der Waals surface area contributed by atoms with Crippen molar-refractivity contribution in [2.75, 3.05) is 13.3 Å². The fourth-order valence-corrected chi connectivity index (χ4v) is 3.34. The second kappa shape index (κ2) is 6.71. The quantitative estimate of drug-likeness (QED) is 0.919. The molecule has 134 valence electrons. The molecule has 2 aliphatic rings. The van der Waals surface area contributed by atoms with Crippen LogP contribution in [0.25, 0.3) is 0 Å². The SMILES string of the molecule is C[C@H](NC(=O)c1ccc2c(c1)OCO2)C(=O)N1CCc2ccccc2C1. The molecular weight excluding hydrogens is 332 g/mol. The van der Waals surface area contributed by atoms with Crippen molar-refractivity contribution in [1.82, 2.24) is 10.2 Å². The Bertz CT molecular complexity index is 865. The number of hydrogen-bond donors (Lipinski definition) is 1. The van der Waals surface area contributed by atoms with Crippen LogP contribution in [-0.2, 0) is 17.8 Å². The Labute approximate surface area is 151 Å². The highest BCUT2D eigenvalue weighted by molar-refractivity contribution is 5.98. The van der Waals surface area contributed by atoms with E-state index in [0.29, 0.717) is 30.2 Å². The van der Waals surface area contributed by atoms with Gasteiger partial charge >= 0.3 is 0 Å². The minimum Gasteiger partial charge on any atom is -0.454 e. The third-order valence-electron chi connectivity index (χ3n) is 4.80. The van der Waals surface area contributed by atoms with E-state index in [2.05, 4.69) is 11.4 Å². The van der Waals surface area contributed by atoms with E-state index >= 15 is 0 Å².